The van der Waals surface area contributed by atoms with Crippen molar-refractivity contribution in [3.05, 3.63) is 42.0 Å². The minimum atomic E-state index is -3.82. The molecule has 0 saturated heterocycles. The number of amides is 1. The third-order valence-corrected chi connectivity index (χ3v) is 6.74. The van der Waals surface area contributed by atoms with E-state index in [-0.39, 0.29) is 22.4 Å². The van der Waals surface area contributed by atoms with Crippen molar-refractivity contribution in [3.8, 4) is 5.75 Å². The van der Waals surface area contributed by atoms with Crippen LogP contribution in [0.5, 0.6) is 5.75 Å². The second-order valence-electron chi connectivity index (χ2n) is 6.08. The molecule has 0 radical (unpaired) electrons. The third kappa shape index (κ3) is 3.13. The number of nitrogens with one attached hydrogen (secondary N) is 1. The summed E-state index contributed by atoms with van der Waals surface area (Å²) in [5.74, 6) is 0.568. The molecule has 1 aromatic heterocycles. The Kier molecular flexibility index (Phi) is 4.27. The Bertz CT molecular complexity index is 1150. The number of benzene rings is 2. The highest BCUT2D eigenvalue weighted by Gasteiger charge is 2.26. The van der Waals surface area contributed by atoms with E-state index in [1.54, 1.807) is 19.2 Å². The Morgan fingerprint density at radius 3 is 2.89 bits per heavy atom. The Balaban J connectivity index is 1.66. The van der Waals surface area contributed by atoms with Crippen molar-refractivity contribution < 1.29 is 17.9 Å². The van der Waals surface area contributed by atoms with Gasteiger partial charge in [-0.25, -0.2) is 13.4 Å². The predicted molar refractivity (Wildman–Crippen MR) is 105 cm³/mol. The predicted octanol–water partition coefficient (Wildman–Crippen LogP) is 3.01. The molecule has 1 aliphatic rings. The average molecular weight is 403 g/mol. The fourth-order valence-corrected chi connectivity index (χ4v) is 5.19. The first-order chi connectivity index (χ1) is 12.9. The second kappa shape index (κ2) is 6.50. The number of likely N-dealkylation sites (N-methyl/N-ethyl adjacent to an activating group) is 1. The van der Waals surface area contributed by atoms with Gasteiger partial charge >= 0.3 is 0 Å². The van der Waals surface area contributed by atoms with Gasteiger partial charge in [0.2, 0.25) is 5.91 Å². The Hall–Kier alpha value is -2.65. The highest BCUT2D eigenvalue weighted by Crippen LogP contribution is 2.34. The molecule has 1 aliphatic heterocycles. The Morgan fingerprint density at radius 2 is 2.11 bits per heavy atom. The monoisotopic (exact) mass is 403 g/mol. The maximum absolute atomic E-state index is 12.8. The maximum atomic E-state index is 12.8. The molecule has 0 aliphatic carbocycles. The highest BCUT2D eigenvalue weighted by molar-refractivity contribution is 7.93. The van der Waals surface area contributed by atoms with Crippen molar-refractivity contribution in [1.82, 2.24) is 4.98 Å². The highest BCUT2D eigenvalue weighted by atomic mass is 32.2. The van der Waals surface area contributed by atoms with Crippen molar-refractivity contribution in [1.29, 1.82) is 0 Å². The lowest BCUT2D eigenvalue weighted by Crippen LogP contribution is -2.20. The average Bonchev–Trinajstić information content (AvgIpc) is 3.15. The van der Waals surface area contributed by atoms with Gasteiger partial charge in [0.05, 0.1) is 22.6 Å². The van der Waals surface area contributed by atoms with E-state index in [0.29, 0.717) is 23.4 Å². The number of anilines is 2. The zero-order valence-corrected chi connectivity index (χ0v) is 16.4. The van der Waals surface area contributed by atoms with Gasteiger partial charge in [0.1, 0.15) is 11.3 Å². The number of hydrogen-bond acceptors (Lipinski definition) is 6. The third-order valence-electron chi connectivity index (χ3n) is 4.34. The van der Waals surface area contributed by atoms with Crippen LogP contribution in [0.1, 0.15) is 12.5 Å². The van der Waals surface area contributed by atoms with Crippen LogP contribution < -0.4 is 14.4 Å². The number of rotatable bonds is 5. The van der Waals surface area contributed by atoms with E-state index in [9.17, 15) is 13.2 Å². The molecule has 9 heteroatoms. The summed E-state index contributed by atoms with van der Waals surface area (Å²) in [6.45, 7) is 2.38. The minimum absolute atomic E-state index is 0.0536. The number of carbonyl (C=O) groups excluding carboxylic acids is 1. The first-order valence-corrected chi connectivity index (χ1v) is 10.6. The van der Waals surface area contributed by atoms with Gasteiger partial charge in [0.25, 0.3) is 10.0 Å². The summed E-state index contributed by atoms with van der Waals surface area (Å²) < 4.78 is 34.5. The van der Waals surface area contributed by atoms with E-state index in [4.69, 9.17) is 4.74 Å². The van der Waals surface area contributed by atoms with Gasteiger partial charge in [-0.3, -0.25) is 9.52 Å². The van der Waals surface area contributed by atoms with Gasteiger partial charge in [0, 0.05) is 12.7 Å². The molecular weight excluding hydrogens is 386 g/mol. The van der Waals surface area contributed by atoms with Crippen molar-refractivity contribution in [2.75, 3.05) is 23.3 Å². The lowest BCUT2D eigenvalue weighted by Gasteiger charge is -2.11. The smallest absolute Gasteiger partial charge is 0.263 e. The molecule has 4 rings (SSSR count). The number of hydrogen-bond donors (Lipinski definition) is 1. The lowest BCUT2D eigenvalue weighted by molar-refractivity contribution is -0.117. The molecule has 1 amide bonds. The largest absolute Gasteiger partial charge is 0.492 e. The van der Waals surface area contributed by atoms with E-state index < -0.39 is 10.0 Å². The van der Waals surface area contributed by atoms with Gasteiger partial charge in [-0.2, -0.15) is 0 Å². The molecule has 0 spiro atoms. The molecule has 2 aromatic carbocycles. The summed E-state index contributed by atoms with van der Waals surface area (Å²) in [7, 11) is -2.14. The number of para-hydroxylation sites is 1. The number of fused-ring (bicyclic) bond motifs is 2. The summed E-state index contributed by atoms with van der Waals surface area (Å²) in [5.41, 5.74) is 2.07. The van der Waals surface area contributed by atoms with Crippen LogP contribution >= 0.6 is 11.3 Å². The van der Waals surface area contributed by atoms with E-state index in [0.717, 1.165) is 10.4 Å². The van der Waals surface area contributed by atoms with Gasteiger partial charge in [-0.05, 0) is 42.8 Å². The molecule has 0 fully saturated rings. The summed E-state index contributed by atoms with van der Waals surface area (Å²) in [6.07, 6.45) is 0.202. The number of thiazole rings is 1. The van der Waals surface area contributed by atoms with Crippen LogP contribution in [-0.4, -0.2) is 33.0 Å². The summed E-state index contributed by atoms with van der Waals surface area (Å²) >= 11 is 1.24. The van der Waals surface area contributed by atoms with Gasteiger partial charge in [0.15, 0.2) is 5.13 Å². The van der Waals surface area contributed by atoms with Crippen LogP contribution in [0.2, 0.25) is 0 Å². The summed E-state index contributed by atoms with van der Waals surface area (Å²) in [6, 6.07) is 10.2. The molecular formula is C18H17N3O4S2. The fraction of sp³-hybridized carbons (Fsp3) is 0.222. The van der Waals surface area contributed by atoms with Gasteiger partial charge in [-0.15, -0.1) is 0 Å². The molecule has 140 valence electrons. The van der Waals surface area contributed by atoms with Gasteiger partial charge in [-0.1, -0.05) is 17.4 Å². The van der Waals surface area contributed by atoms with E-state index in [1.165, 1.54) is 28.4 Å². The Morgan fingerprint density at radius 1 is 1.30 bits per heavy atom. The SMILES string of the molecule is CCOc1cccc2sc(NS(=O)(=O)c3ccc4c(c3)CC(=O)N4C)nc12. The first kappa shape index (κ1) is 17.7. The number of carbonyl (C=O) groups is 1. The van der Waals surface area contributed by atoms with Crippen LogP contribution in [0.4, 0.5) is 10.8 Å². The van der Waals surface area contributed by atoms with Crippen LogP contribution in [0.25, 0.3) is 10.2 Å². The first-order valence-electron chi connectivity index (χ1n) is 8.33. The number of nitrogens with zero attached hydrogens (tertiary/aromatic N) is 2. The number of sulfonamides is 1. The van der Waals surface area contributed by atoms with E-state index in [2.05, 4.69) is 9.71 Å². The maximum Gasteiger partial charge on any atom is 0.263 e. The van der Waals surface area contributed by atoms with E-state index >= 15 is 0 Å². The van der Waals surface area contributed by atoms with Crippen LogP contribution in [0, 0.1) is 0 Å². The molecule has 0 saturated carbocycles. The molecule has 7 nitrogen and oxygen atoms in total. The van der Waals surface area contributed by atoms with Crippen molar-refractivity contribution in [2.45, 2.75) is 18.2 Å². The zero-order valence-electron chi connectivity index (χ0n) is 14.7. The molecule has 0 atom stereocenters. The topological polar surface area (TPSA) is 88.6 Å². The molecule has 27 heavy (non-hydrogen) atoms. The van der Waals surface area contributed by atoms with E-state index in [1.807, 2.05) is 19.1 Å². The molecule has 1 N–H and O–H groups in total. The number of aromatic nitrogens is 1. The van der Waals surface area contributed by atoms with Gasteiger partial charge < -0.3 is 9.64 Å². The Labute approximate surface area is 160 Å². The van der Waals surface area contributed by atoms with Crippen molar-refractivity contribution >= 4 is 48.3 Å². The molecule has 2 heterocycles. The molecule has 3 aromatic rings. The number of ether oxygens (including phenoxy) is 1. The fourth-order valence-electron chi connectivity index (χ4n) is 3.03. The lowest BCUT2D eigenvalue weighted by atomic mass is 10.2. The van der Waals surface area contributed by atoms with Crippen LogP contribution in [-0.2, 0) is 21.2 Å². The normalized spacial score (nSPS) is 13.9. The van der Waals surface area contributed by atoms with Crippen LogP contribution in [0.3, 0.4) is 0 Å². The van der Waals surface area contributed by atoms with Crippen molar-refractivity contribution in [3.63, 3.8) is 0 Å². The molecule has 0 bridgehead atoms. The minimum Gasteiger partial charge on any atom is -0.492 e. The quantitative estimate of drug-likeness (QED) is 0.707. The second-order valence-corrected chi connectivity index (χ2v) is 8.79. The molecule has 0 unspecified atom stereocenters. The standard InChI is InChI=1S/C18H17N3O4S2/c1-3-25-14-5-4-6-15-17(14)19-18(26-15)20-27(23,24)12-7-8-13-11(9-12)10-16(22)21(13)2/h4-9H,3,10H2,1-2H3,(H,19,20). The zero-order chi connectivity index (χ0) is 19.2. The van der Waals surface area contributed by atoms with Crippen molar-refractivity contribution in [2.24, 2.45) is 0 Å². The van der Waals surface area contributed by atoms with Crippen LogP contribution in [0.15, 0.2) is 41.3 Å². The summed E-state index contributed by atoms with van der Waals surface area (Å²) in [5, 5.41) is 0.269. The summed E-state index contributed by atoms with van der Waals surface area (Å²) in [4.78, 5) is 17.8.